The third kappa shape index (κ3) is 4.53. The lowest BCUT2D eigenvalue weighted by Crippen LogP contribution is -2.33. The van der Waals surface area contributed by atoms with Crippen LogP contribution in [0.5, 0.6) is 5.88 Å². The SMILES string of the molecule is CCCC(CNC(=O)c1cccnc1OCC)C(=O)O. The number of rotatable bonds is 8. The Balaban J connectivity index is 2.69. The molecule has 1 atom stereocenters. The Morgan fingerprint density at radius 2 is 2.20 bits per heavy atom. The molecule has 20 heavy (non-hydrogen) atoms. The van der Waals surface area contributed by atoms with Crippen molar-refractivity contribution in [3.63, 3.8) is 0 Å². The molecule has 0 fully saturated rings. The number of nitrogens with one attached hydrogen (secondary N) is 1. The van der Waals surface area contributed by atoms with Crippen molar-refractivity contribution >= 4 is 11.9 Å². The van der Waals surface area contributed by atoms with Gasteiger partial charge in [-0.1, -0.05) is 13.3 Å². The molecule has 1 heterocycles. The van der Waals surface area contributed by atoms with Gasteiger partial charge in [-0.2, -0.15) is 0 Å². The van der Waals surface area contributed by atoms with Gasteiger partial charge in [0.1, 0.15) is 5.56 Å². The zero-order valence-electron chi connectivity index (χ0n) is 11.8. The molecule has 1 aromatic rings. The average Bonchev–Trinajstić information content (AvgIpc) is 2.43. The number of carbonyl (C=O) groups is 2. The van der Waals surface area contributed by atoms with Crippen molar-refractivity contribution < 1.29 is 19.4 Å². The standard InChI is InChI=1S/C14H20N2O4/c1-3-6-10(14(18)19)9-16-12(17)11-7-5-8-15-13(11)20-4-2/h5,7-8,10H,3-4,6,9H2,1-2H3,(H,16,17)(H,18,19). The fourth-order valence-electron chi connectivity index (χ4n) is 1.79. The van der Waals surface area contributed by atoms with Gasteiger partial charge in [0.15, 0.2) is 0 Å². The number of nitrogens with zero attached hydrogens (tertiary/aromatic N) is 1. The maximum absolute atomic E-state index is 12.0. The molecule has 6 heteroatoms. The van der Waals surface area contributed by atoms with E-state index in [1.165, 1.54) is 0 Å². The summed E-state index contributed by atoms with van der Waals surface area (Å²) in [4.78, 5) is 27.1. The summed E-state index contributed by atoms with van der Waals surface area (Å²) in [6.07, 6.45) is 2.82. The van der Waals surface area contributed by atoms with Gasteiger partial charge in [0, 0.05) is 12.7 Å². The molecule has 2 N–H and O–H groups in total. The molecule has 0 aromatic carbocycles. The van der Waals surface area contributed by atoms with Crippen LogP contribution < -0.4 is 10.1 Å². The van der Waals surface area contributed by atoms with Crippen LogP contribution >= 0.6 is 0 Å². The molecule has 0 aliphatic rings. The first-order valence-electron chi connectivity index (χ1n) is 6.68. The minimum absolute atomic E-state index is 0.0997. The van der Waals surface area contributed by atoms with E-state index < -0.39 is 11.9 Å². The van der Waals surface area contributed by atoms with Gasteiger partial charge in [-0.3, -0.25) is 9.59 Å². The van der Waals surface area contributed by atoms with Crippen molar-refractivity contribution in [2.75, 3.05) is 13.2 Å². The smallest absolute Gasteiger partial charge is 0.308 e. The van der Waals surface area contributed by atoms with E-state index in [4.69, 9.17) is 9.84 Å². The summed E-state index contributed by atoms with van der Waals surface area (Å²) < 4.78 is 5.27. The molecule has 0 saturated heterocycles. The number of hydrogen-bond donors (Lipinski definition) is 2. The number of hydrogen-bond acceptors (Lipinski definition) is 4. The van der Waals surface area contributed by atoms with Crippen molar-refractivity contribution in [3.05, 3.63) is 23.9 Å². The molecule has 0 aliphatic heterocycles. The third-order valence-electron chi connectivity index (χ3n) is 2.79. The first-order valence-corrected chi connectivity index (χ1v) is 6.68. The van der Waals surface area contributed by atoms with Crippen molar-refractivity contribution in [2.24, 2.45) is 5.92 Å². The van der Waals surface area contributed by atoms with Gasteiger partial charge < -0.3 is 15.2 Å². The molecule has 1 unspecified atom stereocenters. The number of ether oxygens (including phenoxy) is 1. The lowest BCUT2D eigenvalue weighted by Gasteiger charge is -2.13. The zero-order chi connectivity index (χ0) is 15.0. The van der Waals surface area contributed by atoms with Crippen LogP contribution in [-0.4, -0.2) is 35.1 Å². The molecule has 0 bridgehead atoms. The first kappa shape index (κ1) is 15.9. The van der Waals surface area contributed by atoms with Gasteiger partial charge >= 0.3 is 5.97 Å². The van der Waals surface area contributed by atoms with Gasteiger partial charge in [0.2, 0.25) is 5.88 Å². The second-order valence-electron chi connectivity index (χ2n) is 4.32. The number of amides is 1. The number of aliphatic carboxylic acids is 1. The lowest BCUT2D eigenvalue weighted by molar-refractivity contribution is -0.141. The van der Waals surface area contributed by atoms with Crippen LogP contribution in [0.1, 0.15) is 37.0 Å². The average molecular weight is 280 g/mol. The summed E-state index contributed by atoms with van der Waals surface area (Å²) in [5.74, 6) is -1.58. The first-order chi connectivity index (χ1) is 9.60. The fourth-order valence-corrected chi connectivity index (χ4v) is 1.79. The second-order valence-corrected chi connectivity index (χ2v) is 4.32. The highest BCUT2D eigenvalue weighted by Gasteiger charge is 2.19. The number of aromatic nitrogens is 1. The van der Waals surface area contributed by atoms with Crippen molar-refractivity contribution in [2.45, 2.75) is 26.7 Å². The number of pyridine rings is 1. The highest BCUT2D eigenvalue weighted by atomic mass is 16.5. The molecule has 1 amide bonds. The molecule has 0 spiro atoms. The van der Waals surface area contributed by atoms with Gasteiger partial charge in [0.05, 0.1) is 12.5 Å². The van der Waals surface area contributed by atoms with Crippen LogP contribution in [0.25, 0.3) is 0 Å². The quantitative estimate of drug-likeness (QED) is 0.756. The Kier molecular flexibility index (Phi) is 6.49. The molecule has 1 aromatic heterocycles. The van der Waals surface area contributed by atoms with Gasteiger partial charge in [-0.25, -0.2) is 4.98 Å². The summed E-state index contributed by atoms with van der Waals surface area (Å²) in [6.45, 7) is 4.22. The number of carboxylic acids is 1. The molecule has 110 valence electrons. The molecule has 0 aliphatic carbocycles. The molecule has 6 nitrogen and oxygen atoms in total. The molecular weight excluding hydrogens is 260 g/mol. The monoisotopic (exact) mass is 280 g/mol. The van der Waals surface area contributed by atoms with E-state index in [2.05, 4.69) is 10.3 Å². The van der Waals surface area contributed by atoms with E-state index in [9.17, 15) is 9.59 Å². The van der Waals surface area contributed by atoms with Crippen LogP contribution in [-0.2, 0) is 4.79 Å². The van der Waals surface area contributed by atoms with Gasteiger partial charge in [0.25, 0.3) is 5.91 Å². The van der Waals surface area contributed by atoms with Gasteiger partial charge in [-0.05, 0) is 25.5 Å². The van der Waals surface area contributed by atoms with Crippen LogP contribution in [0.15, 0.2) is 18.3 Å². The van der Waals surface area contributed by atoms with Crippen LogP contribution in [0.2, 0.25) is 0 Å². The van der Waals surface area contributed by atoms with E-state index in [0.717, 1.165) is 6.42 Å². The van der Waals surface area contributed by atoms with Crippen LogP contribution in [0, 0.1) is 5.92 Å². The van der Waals surface area contributed by atoms with E-state index in [0.29, 0.717) is 18.6 Å². The molecule has 1 rings (SSSR count). The summed E-state index contributed by atoms with van der Waals surface area (Å²) in [5, 5.41) is 11.7. The predicted octanol–water partition coefficient (Wildman–Crippen LogP) is 1.71. The summed E-state index contributed by atoms with van der Waals surface area (Å²) in [7, 11) is 0. The predicted molar refractivity (Wildman–Crippen MR) is 73.8 cm³/mol. The lowest BCUT2D eigenvalue weighted by atomic mass is 10.0. The van der Waals surface area contributed by atoms with E-state index in [1.807, 2.05) is 6.92 Å². The van der Waals surface area contributed by atoms with Gasteiger partial charge in [-0.15, -0.1) is 0 Å². The highest BCUT2D eigenvalue weighted by molar-refractivity contribution is 5.96. The summed E-state index contributed by atoms with van der Waals surface area (Å²) in [5.41, 5.74) is 0.315. The third-order valence-corrected chi connectivity index (χ3v) is 2.79. The Labute approximate surface area is 118 Å². The Morgan fingerprint density at radius 3 is 2.80 bits per heavy atom. The number of carboxylic acid groups (broad SMARTS) is 1. The van der Waals surface area contributed by atoms with Crippen LogP contribution in [0.3, 0.4) is 0 Å². The minimum Gasteiger partial charge on any atom is -0.481 e. The Bertz CT molecular complexity index is 462. The Morgan fingerprint density at radius 1 is 1.45 bits per heavy atom. The largest absolute Gasteiger partial charge is 0.481 e. The molecule has 0 radical (unpaired) electrons. The second kappa shape index (κ2) is 8.14. The van der Waals surface area contributed by atoms with Crippen molar-refractivity contribution in [1.82, 2.24) is 10.3 Å². The molecule has 0 saturated carbocycles. The van der Waals surface area contributed by atoms with Crippen molar-refractivity contribution in [1.29, 1.82) is 0 Å². The van der Waals surface area contributed by atoms with E-state index in [-0.39, 0.29) is 18.3 Å². The van der Waals surface area contributed by atoms with Crippen molar-refractivity contribution in [3.8, 4) is 5.88 Å². The Hall–Kier alpha value is -2.11. The topological polar surface area (TPSA) is 88.5 Å². The maximum Gasteiger partial charge on any atom is 0.308 e. The zero-order valence-corrected chi connectivity index (χ0v) is 11.8. The fraction of sp³-hybridized carbons (Fsp3) is 0.500. The number of carbonyl (C=O) groups excluding carboxylic acids is 1. The van der Waals surface area contributed by atoms with Crippen LogP contribution in [0.4, 0.5) is 0 Å². The highest BCUT2D eigenvalue weighted by Crippen LogP contribution is 2.14. The summed E-state index contributed by atoms with van der Waals surface area (Å²) in [6, 6.07) is 3.24. The van der Waals surface area contributed by atoms with E-state index >= 15 is 0 Å². The van der Waals surface area contributed by atoms with E-state index in [1.54, 1.807) is 25.3 Å². The minimum atomic E-state index is -0.900. The normalized spacial score (nSPS) is 11.7. The molecular formula is C14H20N2O4. The summed E-state index contributed by atoms with van der Waals surface area (Å²) >= 11 is 0. The maximum atomic E-state index is 12.0.